The zero-order valence-electron chi connectivity index (χ0n) is 11.9. The van der Waals surface area contributed by atoms with Crippen LogP contribution in [0.1, 0.15) is 24.8 Å². The van der Waals surface area contributed by atoms with Gasteiger partial charge in [-0.05, 0) is 50.6 Å². The highest BCUT2D eigenvalue weighted by molar-refractivity contribution is 5.60. The zero-order valence-corrected chi connectivity index (χ0v) is 11.9. The van der Waals surface area contributed by atoms with E-state index in [1.54, 1.807) is 6.07 Å². The van der Waals surface area contributed by atoms with E-state index >= 15 is 0 Å². The molecule has 2 saturated heterocycles. The summed E-state index contributed by atoms with van der Waals surface area (Å²) in [6.45, 7) is 3.85. The smallest absolute Gasteiger partial charge is 0.398 e. The molecular weight excluding hydrogens is 279 g/mol. The summed E-state index contributed by atoms with van der Waals surface area (Å²) < 4.78 is 38.8. The van der Waals surface area contributed by atoms with Gasteiger partial charge in [-0.2, -0.15) is 13.2 Å². The molecule has 6 heteroatoms. The Kier molecular flexibility index (Phi) is 3.73. The third-order valence-corrected chi connectivity index (χ3v) is 4.53. The molecule has 21 heavy (non-hydrogen) atoms. The van der Waals surface area contributed by atoms with Crippen molar-refractivity contribution in [2.45, 2.75) is 31.5 Å². The van der Waals surface area contributed by atoms with Crippen molar-refractivity contribution in [3.63, 3.8) is 0 Å². The standard InChI is InChI=1S/C15H20F3N3/c16-15(17,18)13-9-11(3-4-14(13)19)21-8-5-12(10-21)20-6-1-2-7-20/h3-4,9,12H,1-2,5-8,10,19H2. The van der Waals surface area contributed by atoms with E-state index in [2.05, 4.69) is 4.90 Å². The third kappa shape index (κ3) is 2.95. The first-order valence-corrected chi connectivity index (χ1v) is 7.41. The van der Waals surface area contributed by atoms with E-state index < -0.39 is 11.7 Å². The quantitative estimate of drug-likeness (QED) is 0.852. The normalized spacial score (nSPS) is 24.0. The third-order valence-electron chi connectivity index (χ3n) is 4.53. The van der Waals surface area contributed by atoms with E-state index in [0.29, 0.717) is 11.7 Å². The van der Waals surface area contributed by atoms with E-state index in [-0.39, 0.29) is 5.69 Å². The molecule has 0 aliphatic carbocycles. The van der Waals surface area contributed by atoms with Crippen molar-refractivity contribution < 1.29 is 13.2 Å². The van der Waals surface area contributed by atoms with Crippen LogP contribution in [0.2, 0.25) is 0 Å². The van der Waals surface area contributed by atoms with Gasteiger partial charge in [0.05, 0.1) is 5.56 Å². The molecule has 1 aromatic carbocycles. The molecule has 0 aromatic heterocycles. The van der Waals surface area contributed by atoms with E-state index in [9.17, 15) is 13.2 Å². The molecule has 1 unspecified atom stereocenters. The van der Waals surface area contributed by atoms with Gasteiger partial charge in [-0.15, -0.1) is 0 Å². The minimum absolute atomic E-state index is 0.207. The lowest BCUT2D eigenvalue weighted by molar-refractivity contribution is -0.136. The lowest BCUT2D eigenvalue weighted by Crippen LogP contribution is -2.35. The van der Waals surface area contributed by atoms with E-state index in [0.717, 1.165) is 32.6 Å². The fourth-order valence-corrected chi connectivity index (χ4v) is 3.37. The Balaban J connectivity index is 1.76. The number of halogens is 3. The number of rotatable bonds is 2. The van der Waals surface area contributed by atoms with Crippen LogP contribution < -0.4 is 10.6 Å². The summed E-state index contributed by atoms with van der Waals surface area (Å²) in [5, 5.41) is 0. The van der Waals surface area contributed by atoms with Crippen LogP contribution in [0.15, 0.2) is 18.2 Å². The van der Waals surface area contributed by atoms with Crippen LogP contribution in [0.4, 0.5) is 24.5 Å². The SMILES string of the molecule is Nc1ccc(N2CCC(N3CCCC3)C2)cc1C(F)(F)F. The van der Waals surface area contributed by atoms with Crippen molar-refractivity contribution in [1.29, 1.82) is 0 Å². The summed E-state index contributed by atoms with van der Waals surface area (Å²) in [6.07, 6.45) is -0.910. The molecule has 2 fully saturated rings. The Hall–Kier alpha value is -1.43. The van der Waals surface area contributed by atoms with Gasteiger partial charge in [0.25, 0.3) is 0 Å². The van der Waals surface area contributed by atoms with Crippen molar-refractivity contribution in [3.8, 4) is 0 Å². The molecule has 2 aliphatic rings. The van der Waals surface area contributed by atoms with Crippen molar-refractivity contribution >= 4 is 11.4 Å². The van der Waals surface area contributed by atoms with Gasteiger partial charge in [0.2, 0.25) is 0 Å². The monoisotopic (exact) mass is 299 g/mol. The van der Waals surface area contributed by atoms with Crippen LogP contribution in [0.3, 0.4) is 0 Å². The van der Waals surface area contributed by atoms with Gasteiger partial charge in [0.15, 0.2) is 0 Å². The molecule has 3 rings (SSSR count). The Morgan fingerprint density at radius 1 is 1.10 bits per heavy atom. The van der Waals surface area contributed by atoms with Crippen LogP contribution >= 0.6 is 0 Å². The first-order chi connectivity index (χ1) is 9.95. The average Bonchev–Trinajstić information content (AvgIpc) is 3.09. The number of nitrogens with zero attached hydrogens (tertiary/aromatic N) is 2. The first-order valence-electron chi connectivity index (χ1n) is 7.41. The molecule has 0 radical (unpaired) electrons. The predicted octanol–water partition coefficient (Wildman–Crippen LogP) is 2.96. The van der Waals surface area contributed by atoms with Crippen LogP contribution in [0.5, 0.6) is 0 Å². The average molecular weight is 299 g/mol. The second-order valence-corrected chi connectivity index (χ2v) is 5.90. The Labute approximate surface area is 122 Å². The molecule has 116 valence electrons. The van der Waals surface area contributed by atoms with Gasteiger partial charge < -0.3 is 10.6 Å². The number of benzene rings is 1. The van der Waals surface area contributed by atoms with Crippen LogP contribution in [-0.2, 0) is 6.18 Å². The highest BCUT2D eigenvalue weighted by Gasteiger charge is 2.35. The number of nitrogen functional groups attached to an aromatic ring is 1. The summed E-state index contributed by atoms with van der Waals surface area (Å²) >= 11 is 0. The summed E-state index contributed by atoms with van der Waals surface area (Å²) in [4.78, 5) is 4.50. The lowest BCUT2D eigenvalue weighted by Gasteiger charge is -2.25. The highest BCUT2D eigenvalue weighted by atomic mass is 19.4. The molecule has 1 aromatic rings. The molecule has 2 N–H and O–H groups in total. The number of alkyl halides is 3. The van der Waals surface area contributed by atoms with Crippen molar-refractivity contribution in [3.05, 3.63) is 23.8 Å². The number of anilines is 2. The van der Waals surface area contributed by atoms with Crippen LogP contribution in [-0.4, -0.2) is 37.1 Å². The molecule has 0 bridgehead atoms. The maximum atomic E-state index is 12.9. The Bertz CT molecular complexity index is 509. The minimum Gasteiger partial charge on any atom is -0.398 e. The van der Waals surface area contributed by atoms with Gasteiger partial charge >= 0.3 is 6.18 Å². The summed E-state index contributed by atoms with van der Waals surface area (Å²) in [7, 11) is 0. The van der Waals surface area contributed by atoms with Crippen LogP contribution in [0.25, 0.3) is 0 Å². The summed E-state index contributed by atoms with van der Waals surface area (Å²) in [6, 6.07) is 4.71. The summed E-state index contributed by atoms with van der Waals surface area (Å²) in [5.41, 5.74) is 5.14. The van der Waals surface area contributed by atoms with E-state index in [1.807, 2.05) is 4.90 Å². The van der Waals surface area contributed by atoms with Crippen molar-refractivity contribution in [2.75, 3.05) is 36.8 Å². The van der Waals surface area contributed by atoms with Gasteiger partial charge in [-0.3, -0.25) is 4.90 Å². The minimum atomic E-state index is -4.39. The maximum Gasteiger partial charge on any atom is 0.418 e. The molecule has 3 nitrogen and oxygen atoms in total. The number of hydrogen-bond donors (Lipinski definition) is 1. The molecule has 0 amide bonds. The molecule has 1 atom stereocenters. The largest absolute Gasteiger partial charge is 0.418 e. The Morgan fingerprint density at radius 2 is 1.81 bits per heavy atom. The molecule has 2 aliphatic heterocycles. The number of likely N-dealkylation sites (tertiary alicyclic amines) is 1. The van der Waals surface area contributed by atoms with E-state index in [4.69, 9.17) is 5.73 Å². The van der Waals surface area contributed by atoms with Gasteiger partial charge in [0, 0.05) is 30.5 Å². The second-order valence-electron chi connectivity index (χ2n) is 5.90. The van der Waals surface area contributed by atoms with Crippen molar-refractivity contribution in [1.82, 2.24) is 4.90 Å². The topological polar surface area (TPSA) is 32.5 Å². The van der Waals surface area contributed by atoms with Crippen molar-refractivity contribution in [2.24, 2.45) is 0 Å². The maximum absolute atomic E-state index is 12.9. The fourth-order valence-electron chi connectivity index (χ4n) is 3.37. The number of hydrogen-bond acceptors (Lipinski definition) is 3. The van der Waals surface area contributed by atoms with Gasteiger partial charge in [-0.1, -0.05) is 0 Å². The molecule has 0 spiro atoms. The van der Waals surface area contributed by atoms with Gasteiger partial charge in [0.1, 0.15) is 0 Å². The first kappa shape index (κ1) is 14.5. The Morgan fingerprint density at radius 3 is 2.48 bits per heavy atom. The van der Waals surface area contributed by atoms with E-state index in [1.165, 1.54) is 25.0 Å². The predicted molar refractivity (Wildman–Crippen MR) is 77.3 cm³/mol. The van der Waals surface area contributed by atoms with Crippen LogP contribution in [0, 0.1) is 0 Å². The lowest BCUT2D eigenvalue weighted by atomic mass is 10.1. The molecule has 2 heterocycles. The molecular formula is C15H20F3N3. The number of nitrogens with two attached hydrogens (primary N) is 1. The summed E-state index contributed by atoms with van der Waals surface area (Å²) in [5.74, 6) is 0. The molecule has 0 saturated carbocycles. The second kappa shape index (κ2) is 5.40. The fraction of sp³-hybridized carbons (Fsp3) is 0.600. The zero-order chi connectivity index (χ0) is 15.0. The van der Waals surface area contributed by atoms with Gasteiger partial charge in [-0.25, -0.2) is 0 Å². The highest BCUT2D eigenvalue weighted by Crippen LogP contribution is 2.36.